The van der Waals surface area contributed by atoms with Gasteiger partial charge >= 0.3 is 5.97 Å². The third-order valence-electron chi connectivity index (χ3n) is 9.30. The molecule has 2 amide bonds. The largest absolute Gasteiger partial charge is 0.489 e. The predicted molar refractivity (Wildman–Crippen MR) is 185 cm³/mol. The molecular weight excluding hydrogens is 604 g/mol. The minimum atomic E-state index is -0.575. The summed E-state index contributed by atoms with van der Waals surface area (Å²) in [5, 5.41) is 12.9. The molecule has 3 aromatic rings. The quantitative estimate of drug-likeness (QED) is 0.212. The number of benzene rings is 3. The number of hydrogen-bond acceptors (Lipinski definition) is 6. The van der Waals surface area contributed by atoms with Crippen LogP contribution in [0.4, 0.5) is 0 Å². The van der Waals surface area contributed by atoms with E-state index in [1.807, 2.05) is 97.1 Å². The van der Waals surface area contributed by atoms with Crippen molar-refractivity contribution in [2.24, 2.45) is 11.8 Å². The van der Waals surface area contributed by atoms with Gasteiger partial charge in [-0.3, -0.25) is 14.4 Å². The monoisotopic (exact) mass is 652 g/mol. The van der Waals surface area contributed by atoms with Gasteiger partial charge in [0.05, 0.1) is 30.5 Å². The van der Waals surface area contributed by atoms with Gasteiger partial charge in [0.15, 0.2) is 0 Å². The number of carbonyl (C=O) groups excluding carboxylic acids is 3. The number of likely N-dealkylation sites (tertiary alicyclic amines) is 1. The molecule has 2 aliphatic heterocycles. The van der Waals surface area contributed by atoms with Gasteiger partial charge in [-0.15, -0.1) is 0 Å². The van der Waals surface area contributed by atoms with Crippen molar-refractivity contribution in [3.05, 3.63) is 114 Å². The van der Waals surface area contributed by atoms with Gasteiger partial charge in [-0.1, -0.05) is 84.9 Å². The number of cyclic esters (lactones) is 1. The lowest BCUT2D eigenvalue weighted by Gasteiger charge is -2.27. The maximum atomic E-state index is 13.8. The van der Waals surface area contributed by atoms with E-state index in [0.717, 1.165) is 48.1 Å². The summed E-state index contributed by atoms with van der Waals surface area (Å²) >= 11 is 0. The van der Waals surface area contributed by atoms with E-state index >= 15 is 0 Å². The molecule has 5 rings (SSSR count). The van der Waals surface area contributed by atoms with Crippen LogP contribution in [-0.4, -0.2) is 59.6 Å². The Morgan fingerprint density at radius 1 is 0.833 bits per heavy atom. The third kappa shape index (κ3) is 10.5. The maximum absolute atomic E-state index is 13.8. The highest BCUT2D eigenvalue weighted by molar-refractivity contribution is 5.86. The van der Waals surface area contributed by atoms with E-state index in [0.29, 0.717) is 38.8 Å². The molecule has 8 nitrogen and oxygen atoms in total. The van der Waals surface area contributed by atoms with E-state index in [9.17, 15) is 19.5 Å². The molecule has 48 heavy (non-hydrogen) atoms. The lowest BCUT2D eigenvalue weighted by Crippen LogP contribution is -2.45. The molecule has 0 bridgehead atoms. The van der Waals surface area contributed by atoms with Gasteiger partial charge in [0.25, 0.3) is 0 Å². The van der Waals surface area contributed by atoms with Crippen LogP contribution >= 0.6 is 0 Å². The first kappa shape index (κ1) is 34.9. The minimum Gasteiger partial charge on any atom is -0.489 e. The SMILES string of the molecule is O=C1N[C@@H](Cc2ccc(OCc3ccccc3)cc2)COC(=O)[C@@H](Cc2ccccc2)CCCC=CC[C@@H]1CC(=O)N1CCC[C@H]1CO. The Balaban J connectivity index is 1.30. The Kier molecular flexibility index (Phi) is 13.2. The minimum absolute atomic E-state index is 0.0251. The van der Waals surface area contributed by atoms with E-state index in [1.165, 1.54) is 0 Å². The normalized spacial score (nSPS) is 22.4. The van der Waals surface area contributed by atoms with Gasteiger partial charge in [-0.2, -0.15) is 0 Å². The fourth-order valence-electron chi connectivity index (χ4n) is 6.55. The van der Waals surface area contributed by atoms with Crippen molar-refractivity contribution in [1.82, 2.24) is 10.2 Å². The van der Waals surface area contributed by atoms with Crippen LogP contribution in [0.15, 0.2) is 97.1 Å². The second-order valence-electron chi connectivity index (χ2n) is 12.9. The molecule has 0 aliphatic carbocycles. The molecule has 0 saturated carbocycles. The first-order chi connectivity index (χ1) is 23.5. The van der Waals surface area contributed by atoms with Crippen molar-refractivity contribution in [2.45, 2.75) is 76.5 Å². The average Bonchev–Trinajstić information content (AvgIpc) is 3.60. The molecule has 0 aromatic heterocycles. The third-order valence-corrected chi connectivity index (χ3v) is 9.30. The molecule has 254 valence electrons. The molecule has 2 heterocycles. The zero-order chi connectivity index (χ0) is 33.6. The van der Waals surface area contributed by atoms with Crippen molar-refractivity contribution in [3.8, 4) is 5.75 Å². The lowest BCUT2D eigenvalue weighted by atomic mass is 9.93. The summed E-state index contributed by atoms with van der Waals surface area (Å²) in [5.41, 5.74) is 3.13. The van der Waals surface area contributed by atoms with Crippen LogP contribution in [0.25, 0.3) is 0 Å². The summed E-state index contributed by atoms with van der Waals surface area (Å²) in [4.78, 5) is 42.3. The van der Waals surface area contributed by atoms with Crippen LogP contribution < -0.4 is 10.1 Å². The van der Waals surface area contributed by atoms with Crippen LogP contribution in [0, 0.1) is 11.8 Å². The van der Waals surface area contributed by atoms with E-state index < -0.39 is 12.0 Å². The summed E-state index contributed by atoms with van der Waals surface area (Å²) in [6.07, 6.45) is 9.47. The molecule has 0 unspecified atom stereocenters. The topological polar surface area (TPSA) is 105 Å². The van der Waals surface area contributed by atoms with E-state index in [2.05, 4.69) is 5.32 Å². The molecule has 8 heteroatoms. The van der Waals surface area contributed by atoms with Gasteiger partial charge in [0, 0.05) is 13.0 Å². The number of aliphatic hydroxyl groups is 1. The van der Waals surface area contributed by atoms with Gasteiger partial charge in [-0.25, -0.2) is 0 Å². The van der Waals surface area contributed by atoms with Crippen LogP contribution in [0.2, 0.25) is 0 Å². The number of rotatable bonds is 10. The average molecular weight is 653 g/mol. The lowest BCUT2D eigenvalue weighted by molar-refractivity contribution is -0.150. The molecule has 1 saturated heterocycles. The number of hydrogen-bond donors (Lipinski definition) is 2. The Labute approximate surface area is 284 Å². The second-order valence-corrected chi connectivity index (χ2v) is 12.9. The first-order valence-corrected chi connectivity index (χ1v) is 17.3. The van der Waals surface area contributed by atoms with Crippen molar-refractivity contribution in [3.63, 3.8) is 0 Å². The predicted octanol–water partition coefficient (Wildman–Crippen LogP) is 5.81. The Bertz CT molecular complexity index is 1480. The highest BCUT2D eigenvalue weighted by Crippen LogP contribution is 2.23. The second kappa shape index (κ2) is 18.2. The highest BCUT2D eigenvalue weighted by atomic mass is 16.5. The van der Waals surface area contributed by atoms with E-state index in [4.69, 9.17) is 9.47 Å². The van der Waals surface area contributed by atoms with Crippen molar-refractivity contribution >= 4 is 17.8 Å². The zero-order valence-corrected chi connectivity index (χ0v) is 27.7. The maximum Gasteiger partial charge on any atom is 0.309 e. The van der Waals surface area contributed by atoms with Crippen LogP contribution in [0.5, 0.6) is 5.75 Å². The van der Waals surface area contributed by atoms with Crippen LogP contribution in [0.1, 0.15) is 61.6 Å². The molecule has 1 fully saturated rings. The number of aliphatic hydroxyl groups excluding tert-OH is 1. The number of carbonyl (C=O) groups is 3. The Hall–Kier alpha value is -4.43. The van der Waals surface area contributed by atoms with Gasteiger partial charge in [0.2, 0.25) is 11.8 Å². The molecule has 2 N–H and O–H groups in total. The van der Waals surface area contributed by atoms with Gasteiger partial charge in [-0.05, 0) is 80.2 Å². The number of esters is 1. The van der Waals surface area contributed by atoms with Gasteiger partial charge < -0.3 is 24.8 Å². The number of amides is 2. The molecule has 4 atom stereocenters. The van der Waals surface area contributed by atoms with Crippen molar-refractivity contribution in [2.75, 3.05) is 19.8 Å². The summed E-state index contributed by atoms with van der Waals surface area (Å²) in [5.74, 6) is -0.740. The summed E-state index contributed by atoms with van der Waals surface area (Å²) in [6.45, 7) is 1.01. The Morgan fingerprint density at radius 3 is 2.27 bits per heavy atom. The van der Waals surface area contributed by atoms with Crippen LogP contribution in [0.3, 0.4) is 0 Å². The van der Waals surface area contributed by atoms with Gasteiger partial charge in [0.1, 0.15) is 19.0 Å². The summed E-state index contributed by atoms with van der Waals surface area (Å²) < 4.78 is 11.9. The summed E-state index contributed by atoms with van der Waals surface area (Å²) in [7, 11) is 0. The zero-order valence-electron chi connectivity index (χ0n) is 27.7. The fraction of sp³-hybridized carbons (Fsp3) is 0.425. The van der Waals surface area contributed by atoms with E-state index in [-0.39, 0.29) is 49.4 Å². The molecule has 2 aliphatic rings. The van der Waals surface area contributed by atoms with Crippen molar-refractivity contribution in [1.29, 1.82) is 0 Å². The van der Waals surface area contributed by atoms with E-state index in [1.54, 1.807) is 4.90 Å². The van der Waals surface area contributed by atoms with Crippen molar-refractivity contribution < 1.29 is 29.0 Å². The molecule has 3 aromatic carbocycles. The Morgan fingerprint density at radius 2 is 1.54 bits per heavy atom. The number of nitrogens with zero attached hydrogens (tertiary/aromatic N) is 1. The number of allylic oxidation sites excluding steroid dienone is 2. The molecule has 0 spiro atoms. The van der Waals surface area contributed by atoms with Crippen LogP contribution in [-0.2, 0) is 38.6 Å². The highest BCUT2D eigenvalue weighted by Gasteiger charge is 2.32. The standard InChI is InChI=1S/C40H48N2O6/c43-27-36-18-11-23-42(36)38(44)26-33-16-9-1-2-10-17-34(24-30-12-5-3-6-13-30)40(46)48-29-35(41-39(33)45)25-31-19-21-37(22-20-31)47-28-32-14-7-4-8-15-32/h1,3-9,12-15,19-22,33-36,43H,2,10-11,16-18,23-29H2,(H,41,45)/t33-,34-,35+,36+/m1/s1. The molecule has 0 radical (unpaired) electrons. The number of nitrogens with one attached hydrogen (secondary N) is 1. The smallest absolute Gasteiger partial charge is 0.309 e. The molecular formula is C40H48N2O6. The summed E-state index contributed by atoms with van der Waals surface area (Å²) in [6, 6.07) is 27.0. The fourth-order valence-corrected chi connectivity index (χ4v) is 6.55. The first-order valence-electron chi connectivity index (χ1n) is 17.3. The number of ether oxygens (including phenoxy) is 2.